The normalized spacial score (nSPS) is 11.0. The molecule has 2 aromatic rings. The molecule has 0 aliphatic rings. The fourth-order valence-corrected chi connectivity index (χ4v) is 1.37. The van der Waals surface area contributed by atoms with Crippen LogP contribution in [0.25, 0.3) is 5.69 Å². The second-order valence-corrected chi connectivity index (χ2v) is 3.53. The highest BCUT2D eigenvalue weighted by atomic mass is 35.5. The molecule has 0 amide bonds. The molecule has 0 aliphatic heterocycles. The first-order valence-electron chi connectivity index (χ1n) is 5.30. The first-order chi connectivity index (χ1) is 7.79. The van der Waals surface area contributed by atoms with Crippen molar-refractivity contribution >= 4 is 24.8 Å². The molecule has 0 fully saturated rings. The Hall–Kier alpha value is -1.23. The van der Waals surface area contributed by atoms with Gasteiger partial charge in [-0.1, -0.05) is 6.92 Å². The van der Waals surface area contributed by atoms with Crippen LogP contribution in [0.5, 0.6) is 5.75 Å². The van der Waals surface area contributed by atoms with E-state index < -0.39 is 0 Å². The van der Waals surface area contributed by atoms with Crippen LogP contribution in [0.3, 0.4) is 0 Å². The van der Waals surface area contributed by atoms with E-state index in [2.05, 4.69) is 4.98 Å². The third-order valence-electron chi connectivity index (χ3n) is 2.33. The van der Waals surface area contributed by atoms with Crippen molar-refractivity contribution in [1.82, 2.24) is 9.55 Å². The van der Waals surface area contributed by atoms with Gasteiger partial charge in [0.1, 0.15) is 12.0 Å². The number of aromatic nitrogens is 2. The van der Waals surface area contributed by atoms with Crippen molar-refractivity contribution in [3.8, 4) is 11.4 Å². The predicted octanol–water partition coefficient (Wildman–Crippen LogP) is 2.79. The predicted molar refractivity (Wildman–Crippen MR) is 77.0 cm³/mol. The number of nitrogens with two attached hydrogens (primary N) is 1. The molecular formula is C12H17Cl2N3O. The van der Waals surface area contributed by atoms with E-state index in [4.69, 9.17) is 10.5 Å². The van der Waals surface area contributed by atoms with Gasteiger partial charge < -0.3 is 9.30 Å². The Morgan fingerprint density at radius 3 is 2.44 bits per heavy atom. The van der Waals surface area contributed by atoms with Crippen LogP contribution in [-0.4, -0.2) is 15.8 Å². The van der Waals surface area contributed by atoms with Crippen molar-refractivity contribution in [3.63, 3.8) is 0 Å². The molecular weight excluding hydrogens is 273 g/mol. The molecule has 100 valence electrons. The lowest BCUT2D eigenvalue weighted by Gasteiger charge is -2.12. The highest BCUT2D eigenvalue weighted by Gasteiger charge is 2.01. The van der Waals surface area contributed by atoms with Gasteiger partial charge in [0, 0.05) is 18.1 Å². The molecule has 0 saturated heterocycles. The SMILES string of the molecule is CCC(N)Oc1ccc(-n2ccnc2)cc1.Cl.Cl. The van der Waals surface area contributed by atoms with Crippen LogP contribution < -0.4 is 10.5 Å². The number of nitrogens with zero attached hydrogens (tertiary/aromatic N) is 2. The number of imidazole rings is 1. The molecule has 0 saturated carbocycles. The molecule has 6 heteroatoms. The Bertz CT molecular complexity index is 431. The molecule has 1 aromatic carbocycles. The van der Waals surface area contributed by atoms with Gasteiger partial charge in [-0.3, -0.25) is 5.73 Å². The zero-order valence-corrected chi connectivity index (χ0v) is 11.7. The summed E-state index contributed by atoms with van der Waals surface area (Å²) < 4.78 is 7.42. The summed E-state index contributed by atoms with van der Waals surface area (Å²) in [5, 5.41) is 0. The second-order valence-electron chi connectivity index (χ2n) is 3.53. The van der Waals surface area contributed by atoms with Crippen LogP contribution in [0.2, 0.25) is 0 Å². The van der Waals surface area contributed by atoms with Gasteiger partial charge in [0.15, 0.2) is 0 Å². The maximum Gasteiger partial charge on any atom is 0.147 e. The lowest BCUT2D eigenvalue weighted by molar-refractivity contribution is 0.205. The molecule has 0 spiro atoms. The van der Waals surface area contributed by atoms with Crippen LogP contribution in [-0.2, 0) is 0 Å². The van der Waals surface area contributed by atoms with E-state index in [1.807, 2.05) is 42.0 Å². The summed E-state index contributed by atoms with van der Waals surface area (Å²) in [7, 11) is 0. The Labute approximate surface area is 119 Å². The zero-order chi connectivity index (χ0) is 11.4. The molecule has 1 atom stereocenters. The van der Waals surface area contributed by atoms with Gasteiger partial charge in [0.2, 0.25) is 0 Å². The van der Waals surface area contributed by atoms with Crippen LogP contribution >= 0.6 is 24.8 Å². The lowest BCUT2D eigenvalue weighted by atomic mass is 10.3. The number of halogens is 2. The summed E-state index contributed by atoms with van der Waals surface area (Å²) >= 11 is 0. The van der Waals surface area contributed by atoms with Crippen LogP contribution in [0.15, 0.2) is 43.0 Å². The summed E-state index contributed by atoms with van der Waals surface area (Å²) in [4.78, 5) is 3.99. The van der Waals surface area contributed by atoms with Gasteiger partial charge in [-0.25, -0.2) is 4.98 Å². The summed E-state index contributed by atoms with van der Waals surface area (Å²) in [6, 6.07) is 7.76. The third-order valence-corrected chi connectivity index (χ3v) is 2.33. The van der Waals surface area contributed by atoms with E-state index in [0.29, 0.717) is 0 Å². The Balaban J connectivity index is 0.00000144. The van der Waals surface area contributed by atoms with E-state index >= 15 is 0 Å². The maximum atomic E-state index is 5.70. The molecule has 4 nitrogen and oxygen atoms in total. The third kappa shape index (κ3) is 4.22. The molecule has 1 heterocycles. The monoisotopic (exact) mass is 289 g/mol. The van der Waals surface area contributed by atoms with Crippen LogP contribution in [0.4, 0.5) is 0 Å². The minimum atomic E-state index is -0.237. The van der Waals surface area contributed by atoms with Crippen molar-refractivity contribution in [2.45, 2.75) is 19.6 Å². The van der Waals surface area contributed by atoms with Crippen molar-refractivity contribution in [2.75, 3.05) is 0 Å². The number of hydrogen-bond donors (Lipinski definition) is 1. The van der Waals surface area contributed by atoms with Crippen LogP contribution in [0, 0.1) is 0 Å². The highest BCUT2D eigenvalue weighted by molar-refractivity contribution is 5.85. The lowest BCUT2D eigenvalue weighted by Crippen LogP contribution is -2.25. The Morgan fingerprint density at radius 2 is 1.94 bits per heavy atom. The maximum absolute atomic E-state index is 5.70. The van der Waals surface area contributed by atoms with Gasteiger partial charge in [0.25, 0.3) is 0 Å². The summed E-state index contributed by atoms with van der Waals surface area (Å²) in [6.45, 7) is 1.99. The molecule has 2 rings (SSSR count). The van der Waals surface area contributed by atoms with Crippen molar-refractivity contribution < 1.29 is 4.74 Å². The van der Waals surface area contributed by atoms with Gasteiger partial charge >= 0.3 is 0 Å². The van der Waals surface area contributed by atoms with Crippen molar-refractivity contribution in [3.05, 3.63) is 43.0 Å². The summed E-state index contributed by atoms with van der Waals surface area (Å²) in [5.74, 6) is 0.790. The molecule has 0 aliphatic carbocycles. The summed E-state index contributed by atoms with van der Waals surface area (Å²) in [5.41, 5.74) is 6.75. The molecule has 1 unspecified atom stereocenters. The van der Waals surface area contributed by atoms with Gasteiger partial charge in [-0.05, 0) is 30.7 Å². The summed E-state index contributed by atoms with van der Waals surface area (Å²) in [6.07, 6.45) is 5.96. The van der Waals surface area contributed by atoms with E-state index in [1.54, 1.807) is 12.5 Å². The first-order valence-corrected chi connectivity index (χ1v) is 5.30. The standard InChI is InChI=1S/C12H15N3O.2ClH/c1-2-12(13)16-11-5-3-10(4-6-11)15-8-7-14-9-15;;/h3-9,12H,2,13H2,1H3;2*1H. The average molecular weight is 290 g/mol. The topological polar surface area (TPSA) is 53.1 Å². The Morgan fingerprint density at radius 1 is 1.28 bits per heavy atom. The van der Waals surface area contributed by atoms with Crippen molar-refractivity contribution in [2.24, 2.45) is 5.73 Å². The largest absolute Gasteiger partial charge is 0.476 e. The van der Waals surface area contributed by atoms with Gasteiger partial charge in [-0.2, -0.15) is 0 Å². The zero-order valence-electron chi connectivity index (χ0n) is 10.0. The van der Waals surface area contributed by atoms with Gasteiger partial charge in [-0.15, -0.1) is 24.8 Å². The highest BCUT2D eigenvalue weighted by Crippen LogP contribution is 2.15. The number of ether oxygens (including phenoxy) is 1. The van der Waals surface area contributed by atoms with E-state index in [0.717, 1.165) is 17.9 Å². The molecule has 0 bridgehead atoms. The number of benzene rings is 1. The molecule has 18 heavy (non-hydrogen) atoms. The van der Waals surface area contributed by atoms with E-state index in [9.17, 15) is 0 Å². The minimum absolute atomic E-state index is 0. The number of rotatable bonds is 4. The number of hydrogen-bond acceptors (Lipinski definition) is 3. The quantitative estimate of drug-likeness (QED) is 0.881. The smallest absolute Gasteiger partial charge is 0.147 e. The van der Waals surface area contributed by atoms with E-state index in [-0.39, 0.29) is 31.0 Å². The fourth-order valence-electron chi connectivity index (χ4n) is 1.37. The van der Waals surface area contributed by atoms with E-state index in [1.165, 1.54) is 0 Å². The van der Waals surface area contributed by atoms with Crippen LogP contribution in [0.1, 0.15) is 13.3 Å². The van der Waals surface area contributed by atoms with Gasteiger partial charge in [0.05, 0.1) is 6.33 Å². The molecule has 2 N–H and O–H groups in total. The molecule has 0 radical (unpaired) electrons. The first kappa shape index (κ1) is 16.8. The second kappa shape index (κ2) is 7.97. The average Bonchev–Trinajstić information content (AvgIpc) is 2.83. The van der Waals surface area contributed by atoms with Crippen molar-refractivity contribution in [1.29, 1.82) is 0 Å². The minimum Gasteiger partial charge on any atom is -0.476 e. The fraction of sp³-hybridized carbons (Fsp3) is 0.250. The Kier molecular flexibility index (Phi) is 7.43. The molecule has 1 aromatic heterocycles.